The van der Waals surface area contributed by atoms with Crippen molar-refractivity contribution in [1.29, 1.82) is 0 Å². The predicted molar refractivity (Wildman–Crippen MR) is 69.8 cm³/mol. The van der Waals surface area contributed by atoms with Crippen molar-refractivity contribution in [2.75, 3.05) is 19.0 Å². The topological polar surface area (TPSA) is 60.2 Å². The third-order valence-corrected chi connectivity index (χ3v) is 2.55. The van der Waals surface area contributed by atoms with Gasteiger partial charge in [0.25, 0.3) is 0 Å². The Bertz CT molecular complexity index is 523. The Morgan fingerprint density at radius 3 is 2.94 bits per heavy atom. The average Bonchev–Trinajstić information content (AvgIpc) is 2.84. The highest BCUT2D eigenvalue weighted by atomic mass is 16.5. The molecule has 0 aliphatic carbocycles. The van der Waals surface area contributed by atoms with Gasteiger partial charge in [-0.3, -0.25) is 0 Å². The van der Waals surface area contributed by atoms with E-state index in [1.807, 2.05) is 25.1 Å². The van der Waals surface area contributed by atoms with Gasteiger partial charge >= 0.3 is 6.01 Å². The van der Waals surface area contributed by atoms with E-state index in [-0.39, 0.29) is 0 Å². The molecule has 2 rings (SSSR count). The number of aryl methyl sites for hydroxylation is 1. The minimum Gasteiger partial charge on any atom is -0.496 e. The van der Waals surface area contributed by atoms with E-state index in [4.69, 9.17) is 9.26 Å². The zero-order chi connectivity index (χ0) is 13.0. The number of hydrogen-bond acceptors (Lipinski definition) is 5. The Balaban J connectivity index is 2.28. The van der Waals surface area contributed by atoms with Crippen LogP contribution in [0, 0.1) is 6.92 Å². The molecular weight excluding hydrogens is 230 g/mol. The van der Waals surface area contributed by atoms with Gasteiger partial charge in [0.15, 0.2) is 0 Å². The molecule has 1 heterocycles. The second kappa shape index (κ2) is 5.53. The van der Waals surface area contributed by atoms with Crippen LogP contribution in [0.25, 0.3) is 11.4 Å². The first-order valence-electron chi connectivity index (χ1n) is 5.97. The van der Waals surface area contributed by atoms with Crippen LogP contribution in [0.5, 0.6) is 5.75 Å². The lowest BCUT2D eigenvalue weighted by atomic mass is 10.1. The van der Waals surface area contributed by atoms with Crippen LogP contribution in [0.2, 0.25) is 0 Å². The van der Waals surface area contributed by atoms with E-state index in [2.05, 4.69) is 22.4 Å². The first-order chi connectivity index (χ1) is 8.74. The van der Waals surface area contributed by atoms with Crippen molar-refractivity contribution in [2.45, 2.75) is 20.3 Å². The summed E-state index contributed by atoms with van der Waals surface area (Å²) < 4.78 is 10.5. The highest BCUT2D eigenvalue weighted by Gasteiger charge is 2.12. The molecule has 18 heavy (non-hydrogen) atoms. The minimum atomic E-state index is 0.439. The van der Waals surface area contributed by atoms with Crippen LogP contribution in [0.1, 0.15) is 18.9 Å². The summed E-state index contributed by atoms with van der Waals surface area (Å²) in [6.07, 6.45) is 1.01. The highest BCUT2D eigenvalue weighted by molar-refractivity contribution is 5.65. The standard InChI is InChI=1S/C13H17N3O2/c1-4-7-14-13-15-12(16-18-13)10-6-5-9(2)8-11(10)17-3/h5-6,8H,4,7H2,1-3H3,(H,14,15,16). The largest absolute Gasteiger partial charge is 0.496 e. The zero-order valence-corrected chi connectivity index (χ0v) is 10.9. The molecule has 0 fully saturated rings. The number of rotatable bonds is 5. The molecule has 0 saturated heterocycles. The molecule has 5 nitrogen and oxygen atoms in total. The average molecular weight is 247 g/mol. The molecule has 0 aliphatic rings. The lowest BCUT2D eigenvalue weighted by molar-refractivity contribution is 0.413. The minimum absolute atomic E-state index is 0.439. The van der Waals surface area contributed by atoms with Gasteiger partial charge < -0.3 is 14.6 Å². The molecule has 1 N–H and O–H groups in total. The molecule has 1 aromatic heterocycles. The maximum atomic E-state index is 5.33. The Labute approximate surface area is 106 Å². The molecule has 0 bridgehead atoms. The van der Waals surface area contributed by atoms with Crippen LogP contribution in [-0.2, 0) is 0 Å². The molecular formula is C13H17N3O2. The van der Waals surface area contributed by atoms with Gasteiger partial charge in [-0.25, -0.2) is 0 Å². The van der Waals surface area contributed by atoms with Crippen LogP contribution < -0.4 is 10.1 Å². The van der Waals surface area contributed by atoms with Gasteiger partial charge in [0.2, 0.25) is 5.82 Å². The molecule has 0 atom stereocenters. The van der Waals surface area contributed by atoms with Crippen molar-refractivity contribution in [2.24, 2.45) is 0 Å². The van der Waals surface area contributed by atoms with E-state index in [1.165, 1.54) is 0 Å². The maximum absolute atomic E-state index is 5.33. The van der Waals surface area contributed by atoms with Gasteiger partial charge in [-0.15, -0.1) is 0 Å². The van der Waals surface area contributed by atoms with Gasteiger partial charge in [0.1, 0.15) is 5.75 Å². The maximum Gasteiger partial charge on any atom is 0.321 e. The van der Waals surface area contributed by atoms with Crippen LogP contribution in [0.4, 0.5) is 6.01 Å². The summed E-state index contributed by atoms with van der Waals surface area (Å²) >= 11 is 0. The Morgan fingerprint density at radius 1 is 1.39 bits per heavy atom. The number of ether oxygens (including phenoxy) is 1. The first-order valence-corrected chi connectivity index (χ1v) is 5.97. The summed E-state index contributed by atoms with van der Waals surface area (Å²) in [6, 6.07) is 6.32. The summed E-state index contributed by atoms with van der Waals surface area (Å²) in [4.78, 5) is 4.29. The monoisotopic (exact) mass is 247 g/mol. The number of nitrogens with zero attached hydrogens (tertiary/aromatic N) is 2. The van der Waals surface area contributed by atoms with Gasteiger partial charge in [-0.1, -0.05) is 18.1 Å². The summed E-state index contributed by atoms with van der Waals surface area (Å²) in [5.74, 6) is 1.28. The summed E-state index contributed by atoms with van der Waals surface area (Å²) in [6.45, 7) is 4.90. The van der Waals surface area contributed by atoms with Gasteiger partial charge in [0, 0.05) is 6.54 Å². The van der Waals surface area contributed by atoms with Crippen molar-refractivity contribution < 1.29 is 9.26 Å². The molecule has 0 saturated carbocycles. The number of aromatic nitrogens is 2. The van der Waals surface area contributed by atoms with E-state index >= 15 is 0 Å². The molecule has 96 valence electrons. The fourth-order valence-corrected chi connectivity index (χ4v) is 1.62. The smallest absolute Gasteiger partial charge is 0.321 e. The Kier molecular flexibility index (Phi) is 3.82. The molecule has 0 amide bonds. The highest BCUT2D eigenvalue weighted by Crippen LogP contribution is 2.29. The summed E-state index contributed by atoms with van der Waals surface area (Å²) in [7, 11) is 1.63. The van der Waals surface area contributed by atoms with E-state index in [0.29, 0.717) is 11.8 Å². The number of anilines is 1. The third kappa shape index (κ3) is 2.61. The van der Waals surface area contributed by atoms with Crippen molar-refractivity contribution in [3.05, 3.63) is 23.8 Å². The van der Waals surface area contributed by atoms with E-state index in [0.717, 1.165) is 29.8 Å². The summed E-state index contributed by atoms with van der Waals surface area (Å²) in [5, 5.41) is 7.00. The fourth-order valence-electron chi connectivity index (χ4n) is 1.62. The number of nitrogens with one attached hydrogen (secondary N) is 1. The van der Waals surface area contributed by atoms with Crippen LogP contribution >= 0.6 is 0 Å². The molecule has 0 unspecified atom stereocenters. The Hall–Kier alpha value is -2.04. The quantitative estimate of drug-likeness (QED) is 0.880. The van der Waals surface area contributed by atoms with Gasteiger partial charge in [0.05, 0.1) is 12.7 Å². The number of hydrogen-bond donors (Lipinski definition) is 1. The van der Waals surface area contributed by atoms with Gasteiger partial charge in [-0.2, -0.15) is 4.98 Å². The van der Waals surface area contributed by atoms with Crippen molar-refractivity contribution in [1.82, 2.24) is 10.1 Å². The number of benzene rings is 1. The molecule has 0 spiro atoms. The summed E-state index contributed by atoms with van der Waals surface area (Å²) in [5.41, 5.74) is 1.96. The third-order valence-electron chi connectivity index (χ3n) is 2.55. The first kappa shape index (κ1) is 12.4. The van der Waals surface area contributed by atoms with Crippen molar-refractivity contribution in [3.63, 3.8) is 0 Å². The normalized spacial score (nSPS) is 10.4. The SMILES string of the molecule is CCCNc1nc(-c2ccc(C)cc2OC)no1. The molecule has 1 aromatic carbocycles. The number of methoxy groups -OCH3 is 1. The van der Waals surface area contributed by atoms with Crippen LogP contribution in [-0.4, -0.2) is 23.8 Å². The zero-order valence-electron chi connectivity index (χ0n) is 10.9. The van der Waals surface area contributed by atoms with E-state index < -0.39 is 0 Å². The molecule has 2 aromatic rings. The van der Waals surface area contributed by atoms with Crippen LogP contribution in [0.15, 0.2) is 22.7 Å². The molecule has 0 radical (unpaired) electrons. The van der Waals surface area contributed by atoms with E-state index in [9.17, 15) is 0 Å². The second-order valence-electron chi connectivity index (χ2n) is 4.05. The second-order valence-corrected chi connectivity index (χ2v) is 4.05. The lowest BCUT2D eigenvalue weighted by Crippen LogP contribution is -1.99. The molecule has 0 aliphatic heterocycles. The predicted octanol–water partition coefficient (Wildman–Crippen LogP) is 2.88. The van der Waals surface area contributed by atoms with E-state index in [1.54, 1.807) is 7.11 Å². The fraction of sp³-hybridized carbons (Fsp3) is 0.385. The van der Waals surface area contributed by atoms with Crippen molar-refractivity contribution in [3.8, 4) is 17.1 Å². The van der Waals surface area contributed by atoms with Crippen LogP contribution in [0.3, 0.4) is 0 Å². The molecule has 5 heteroatoms. The lowest BCUT2D eigenvalue weighted by Gasteiger charge is -2.05. The Morgan fingerprint density at radius 2 is 2.22 bits per heavy atom. The van der Waals surface area contributed by atoms with Gasteiger partial charge in [-0.05, 0) is 31.0 Å². The van der Waals surface area contributed by atoms with Crippen molar-refractivity contribution >= 4 is 6.01 Å².